The van der Waals surface area contributed by atoms with Gasteiger partial charge in [-0.3, -0.25) is 0 Å². The van der Waals surface area contributed by atoms with Crippen molar-refractivity contribution in [2.24, 2.45) is 22.7 Å². The second kappa shape index (κ2) is 18.0. The van der Waals surface area contributed by atoms with Crippen molar-refractivity contribution in [3.63, 3.8) is 0 Å². The van der Waals surface area contributed by atoms with E-state index >= 15 is 0 Å². The zero-order chi connectivity index (χ0) is 40.9. The second-order valence-electron chi connectivity index (χ2n) is 18.5. The van der Waals surface area contributed by atoms with Gasteiger partial charge < -0.3 is 0 Å². The van der Waals surface area contributed by atoms with Gasteiger partial charge in [0.25, 0.3) is 0 Å². The molecule has 0 aromatic rings. The van der Waals surface area contributed by atoms with E-state index in [1.807, 2.05) is 0 Å². The Morgan fingerprint density at radius 2 is 0.891 bits per heavy atom. The Labute approximate surface area is 338 Å². The molecule has 2 saturated carbocycles. The third-order valence-electron chi connectivity index (χ3n) is 11.3. The van der Waals surface area contributed by atoms with Crippen LogP contribution < -0.4 is 31.2 Å². The van der Waals surface area contributed by atoms with Crippen LogP contribution in [0.3, 0.4) is 0 Å². The predicted molar refractivity (Wildman–Crippen MR) is 216 cm³/mol. The second-order valence-corrected chi connectivity index (χ2v) is 29.2. The summed E-state index contributed by atoms with van der Waals surface area (Å²) in [7, 11) is -5.76. The van der Waals surface area contributed by atoms with Gasteiger partial charge in [0.05, 0.1) is 0 Å². The Kier molecular flexibility index (Phi) is 14.6. The van der Waals surface area contributed by atoms with Crippen molar-refractivity contribution in [1.82, 2.24) is 31.2 Å². The first kappa shape index (κ1) is 44.6. The van der Waals surface area contributed by atoms with Gasteiger partial charge in [-0.05, 0) is 0 Å². The molecule has 0 aliphatic heterocycles. The average Bonchev–Trinajstić information content (AvgIpc) is 3.59. The molecule has 0 radical (unpaired) electrons. The first-order valence-corrected chi connectivity index (χ1v) is 27.9. The van der Waals surface area contributed by atoms with E-state index in [2.05, 4.69) is 99.0 Å². The molecular formula is C40H64MoN6O6Si2. The van der Waals surface area contributed by atoms with Crippen LogP contribution in [-0.2, 0) is 47.3 Å². The van der Waals surface area contributed by atoms with Gasteiger partial charge in [0.15, 0.2) is 0 Å². The summed E-state index contributed by atoms with van der Waals surface area (Å²) in [4.78, 5) is 84.3. The number of allylic oxidation sites excluding steroid dienone is 4. The number of rotatable bonds is 16. The van der Waals surface area contributed by atoms with Gasteiger partial charge >= 0.3 is 340 Å². The Bertz CT molecular complexity index is 1540. The number of carbonyl (C=O) groups is 6. The van der Waals surface area contributed by atoms with E-state index in [4.69, 9.17) is 0 Å². The molecule has 304 valence electrons. The molecule has 4 rings (SSSR count). The van der Waals surface area contributed by atoms with Crippen LogP contribution in [0, 0.1) is 22.7 Å². The monoisotopic (exact) mass is 878 g/mol. The molecule has 4 aliphatic rings. The van der Waals surface area contributed by atoms with E-state index in [9.17, 15) is 28.8 Å². The third-order valence-corrected chi connectivity index (χ3v) is 19.8. The van der Waals surface area contributed by atoms with Gasteiger partial charge in [0.2, 0.25) is 0 Å². The number of hydrogen-bond acceptors (Lipinski definition) is 6. The number of hydrogen-bond donors (Lipinski definition) is 6. The van der Waals surface area contributed by atoms with E-state index in [1.54, 1.807) is 0 Å². The van der Waals surface area contributed by atoms with Gasteiger partial charge in [-0.15, -0.1) is 0 Å². The summed E-state index contributed by atoms with van der Waals surface area (Å²) in [5.74, 6) is -0.0393. The molecule has 0 aromatic carbocycles. The van der Waals surface area contributed by atoms with Gasteiger partial charge in [0.1, 0.15) is 0 Å². The van der Waals surface area contributed by atoms with Gasteiger partial charge in [-0.2, -0.15) is 0 Å². The fourth-order valence-electron chi connectivity index (χ4n) is 9.05. The minimum absolute atomic E-state index is 0.0389. The molecule has 6 amide bonds. The molecular weight excluding hydrogens is 813 g/mol. The Hall–Kier alpha value is -3.10. The molecule has 15 heteroatoms. The van der Waals surface area contributed by atoms with E-state index in [1.165, 1.54) is 0 Å². The maximum absolute atomic E-state index is 13.8. The quantitative estimate of drug-likeness (QED) is 0.0960. The fourth-order valence-corrected chi connectivity index (χ4v) is 20.1. The predicted octanol–water partition coefficient (Wildman–Crippen LogP) is 4.81. The van der Waals surface area contributed by atoms with Crippen molar-refractivity contribution in [2.75, 3.05) is 0 Å². The van der Waals surface area contributed by atoms with Crippen molar-refractivity contribution in [1.29, 1.82) is 0 Å². The van der Waals surface area contributed by atoms with Crippen LogP contribution in [0.2, 0.25) is 26.2 Å². The number of carbonyl (C=O) groups excluding carboxylic acids is 6. The van der Waals surface area contributed by atoms with Gasteiger partial charge in [0, 0.05) is 0 Å². The van der Waals surface area contributed by atoms with Gasteiger partial charge in [-0.25, -0.2) is 0 Å². The van der Waals surface area contributed by atoms with E-state index in [-0.39, 0.29) is 23.7 Å². The normalized spacial score (nSPS) is 22.1. The molecule has 2 atom stereocenters. The summed E-state index contributed by atoms with van der Waals surface area (Å²) in [6, 6.07) is -1.36. The first-order valence-electron chi connectivity index (χ1n) is 19.9. The summed E-state index contributed by atoms with van der Waals surface area (Å²) in [6.07, 6.45) is 12.3. The Morgan fingerprint density at radius 3 is 1.16 bits per heavy atom. The van der Waals surface area contributed by atoms with Crippen molar-refractivity contribution in [3.8, 4) is 0 Å². The standard InChI is InChI=1S/2C20H32N3O3Si.Mo/c2*1-20(2,3)15-11-16(21-12-24)17(22-13-25)18(15)27(4,5)23-19(26)14-9-7-6-8-10-14;/h2*12-14,16H,6-10H2,1-5H3,(H,21,24)(H,22,25)(H,23,26);. The van der Waals surface area contributed by atoms with Crippen LogP contribution >= 0.6 is 0 Å². The Balaban J connectivity index is 1.96. The molecule has 4 aliphatic carbocycles. The zero-order valence-corrected chi connectivity index (χ0v) is 38.6. The first-order chi connectivity index (χ1) is 25.7. The van der Waals surface area contributed by atoms with Gasteiger partial charge in [-0.1, -0.05) is 0 Å². The van der Waals surface area contributed by atoms with Crippen LogP contribution in [-0.4, -0.2) is 66.0 Å². The molecule has 55 heavy (non-hydrogen) atoms. The number of amides is 6. The zero-order valence-electron chi connectivity index (χ0n) is 34.5. The SMILES string of the molecule is CC(C)(C)C1=[C]([Mo][C]2=C(C(C)(C)C)C([Si](C)(C)NC(=O)C3CCCCC3)=C(NC=O)C2NC=O)C(NC=O)C(NC=O)=C1[Si](C)(C)NC(=O)C1CCCCC1. The van der Waals surface area contributed by atoms with Crippen LogP contribution in [0.15, 0.2) is 40.9 Å². The van der Waals surface area contributed by atoms with Crippen LogP contribution in [0.4, 0.5) is 0 Å². The maximum atomic E-state index is 13.8. The average molecular weight is 877 g/mol. The molecule has 6 N–H and O–H groups in total. The molecule has 0 aromatic heterocycles. The molecule has 0 saturated heterocycles. The van der Waals surface area contributed by atoms with E-state index < -0.39 is 57.9 Å². The van der Waals surface area contributed by atoms with E-state index in [0.717, 1.165) is 93.7 Å². The van der Waals surface area contributed by atoms with Crippen LogP contribution in [0.25, 0.3) is 0 Å². The molecule has 2 unspecified atom stereocenters. The molecule has 2 fully saturated rings. The summed E-state index contributed by atoms with van der Waals surface area (Å²) in [5.41, 5.74) is 2.15. The van der Waals surface area contributed by atoms with Crippen molar-refractivity contribution in [2.45, 2.75) is 144 Å². The summed E-state index contributed by atoms with van der Waals surface area (Å²) < 4.78 is 1.92. The minimum atomic E-state index is -2.88. The fraction of sp³-hybridized carbons (Fsp3) is 0.650. The number of nitrogens with one attached hydrogen (secondary N) is 6. The summed E-state index contributed by atoms with van der Waals surface area (Å²) in [6.45, 7) is 21.0. The Morgan fingerprint density at radius 1 is 0.564 bits per heavy atom. The van der Waals surface area contributed by atoms with E-state index in [0.29, 0.717) is 37.0 Å². The van der Waals surface area contributed by atoms with Crippen molar-refractivity contribution >= 4 is 53.9 Å². The van der Waals surface area contributed by atoms with Crippen molar-refractivity contribution in [3.05, 3.63) is 40.9 Å². The topological polar surface area (TPSA) is 175 Å². The molecule has 0 heterocycles. The summed E-state index contributed by atoms with van der Waals surface area (Å²) >= 11 is -1.53. The third kappa shape index (κ3) is 9.90. The molecule has 0 bridgehead atoms. The van der Waals surface area contributed by atoms with Crippen LogP contribution in [0.5, 0.6) is 0 Å². The van der Waals surface area contributed by atoms with Crippen molar-refractivity contribution < 1.29 is 47.3 Å². The molecule has 12 nitrogen and oxygen atoms in total. The summed E-state index contributed by atoms with van der Waals surface area (Å²) in [5, 5.41) is 13.8. The van der Waals surface area contributed by atoms with Crippen LogP contribution in [0.1, 0.15) is 106 Å². The molecule has 0 spiro atoms.